The largest absolute Gasteiger partial charge is 0.339 e. The summed E-state index contributed by atoms with van der Waals surface area (Å²) in [6, 6.07) is 8.29. The van der Waals surface area contributed by atoms with Crippen molar-refractivity contribution < 1.29 is 9.59 Å². The van der Waals surface area contributed by atoms with E-state index in [0.717, 1.165) is 48.6 Å². The molecule has 0 N–H and O–H groups in total. The van der Waals surface area contributed by atoms with Crippen LogP contribution in [0, 0.1) is 5.92 Å². The van der Waals surface area contributed by atoms with E-state index in [4.69, 9.17) is 0 Å². The second-order valence-corrected chi connectivity index (χ2v) is 9.31. The fourth-order valence-corrected chi connectivity index (χ4v) is 5.50. The molecule has 3 aliphatic rings. The van der Waals surface area contributed by atoms with Crippen LogP contribution in [0.3, 0.4) is 0 Å². The number of halogens is 1. The fourth-order valence-electron chi connectivity index (χ4n) is 5.24. The van der Waals surface area contributed by atoms with Crippen LogP contribution in [-0.4, -0.2) is 47.8 Å². The number of hydrogen-bond donors (Lipinski definition) is 0. The average molecular weight is 433 g/mol. The van der Waals surface area contributed by atoms with Gasteiger partial charge in [-0.05, 0) is 43.4 Å². The van der Waals surface area contributed by atoms with Gasteiger partial charge in [-0.3, -0.25) is 9.59 Å². The second-order valence-electron chi connectivity index (χ2n) is 8.39. The standard InChI is InChI=1S/C22H29BrN2O2/c23-19-9-7-18(8-10-19)22(11-3-4-12-22)21(27)25-15-13-24(14-16-25)20(26)17-5-1-2-6-17/h7-10,17H,1-6,11-16H2. The van der Waals surface area contributed by atoms with E-state index < -0.39 is 0 Å². The minimum Gasteiger partial charge on any atom is -0.339 e. The Balaban J connectivity index is 1.44. The molecule has 27 heavy (non-hydrogen) atoms. The zero-order chi connectivity index (χ0) is 18.9. The van der Waals surface area contributed by atoms with Crippen LogP contribution in [0.25, 0.3) is 0 Å². The topological polar surface area (TPSA) is 40.6 Å². The van der Waals surface area contributed by atoms with Gasteiger partial charge in [0.1, 0.15) is 0 Å². The number of piperazine rings is 1. The van der Waals surface area contributed by atoms with Gasteiger partial charge in [-0.15, -0.1) is 0 Å². The van der Waals surface area contributed by atoms with E-state index in [-0.39, 0.29) is 17.2 Å². The molecular formula is C22H29BrN2O2. The van der Waals surface area contributed by atoms with Crippen LogP contribution in [0.5, 0.6) is 0 Å². The van der Waals surface area contributed by atoms with Crippen molar-refractivity contribution in [2.75, 3.05) is 26.2 Å². The highest BCUT2D eigenvalue weighted by atomic mass is 79.9. The van der Waals surface area contributed by atoms with Crippen molar-refractivity contribution in [1.29, 1.82) is 0 Å². The van der Waals surface area contributed by atoms with Crippen LogP contribution in [-0.2, 0) is 15.0 Å². The van der Waals surface area contributed by atoms with Gasteiger partial charge in [-0.25, -0.2) is 0 Å². The van der Waals surface area contributed by atoms with Gasteiger partial charge in [-0.2, -0.15) is 0 Å². The second kappa shape index (κ2) is 7.94. The van der Waals surface area contributed by atoms with Gasteiger partial charge in [0.05, 0.1) is 5.41 Å². The first kappa shape index (κ1) is 19.0. The molecule has 1 aromatic rings. The Morgan fingerprint density at radius 1 is 0.852 bits per heavy atom. The Hall–Kier alpha value is -1.36. The van der Waals surface area contributed by atoms with Gasteiger partial charge in [0.15, 0.2) is 0 Å². The number of benzene rings is 1. The molecule has 0 radical (unpaired) electrons. The fraction of sp³-hybridized carbons (Fsp3) is 0.636. The van der Waals surface area contributed by atoms with Crippen molar-refractivity contribution in [1.82, 2.24) is 9.80 Å². The highest BCUT2D eigenvalue weighted by molar-refractivity contribution is 9.10. The molecule has 2 saturated carbocycles. The molecular weight excluding hydrogens is 404 g/mol. The molecule has 0 atom stereocenters. The maximum Gasteiger partial charge on any atom is 0.233 e. The third-order valence-electron chi connectivity index (χ3n) is 6.85. The van der Waals surface area contributed by atoms with Gasteiger partial charge in [0.25, 0.3) is 0 Å². The van der Waals surface area contributed by atoms with Gasteiger partial charge in [-0.1, -0.05) is 53.7 Å². The predicted molar refractivity (Wildman–Crippen MR) is 109 cm³/mol. The summed E-state index contributed by atoms with van der Waals surface area (Å²) in [7, 11) is 0. The molecule has 3 fully saturated rings. The van der Waals surface area contributed by atoms with Crippen LogP contribution in [0.15, 0.2) is 28.7 Å². The summed E-state index contributed by atoms with van der Waals surface area (Å²) in [5.41, 5.74) is 0.788. The number of carbonyl (C=O) groups excluding carboxylic acids is 2. The summed E-state index contributed by atoms with van der Waals surface area (Å²) in [6.07, 6.45) is 8.57. The van der Waals surface area contributed by atoms with Crippen LogP contribution in [0.1, 0.15) is 56.9 Å². The molecule has 2 aliphatic carbocycles. The first-order valence-electron chi connectivity index (χ1n) is 10.4. The lowest BCUT2D eigenvalue weighted by Gasteiger charge is -2.40. The molecule has 146 valence electrons. The highest BCUT2D eigenvalue weighted by Gasteiger charge is 2.45. The summed E-state index contributed by atoms with van der Waals surface area (Å²) < 4.78 is 1.05. The first-order chi connectivity index (χ1) is 13.1. The zero-order valence-corrected chi connectivity index (χ0v) is 17.5. The summed E-state index contributed by atoms with van der Waals surface area (Å²) >= 11 is 3.50. The lowest BCUT2D eigenvalue weighted by molar-refractivity contribution is -0.145. The van der Waals surface area contributed by atoms with Gasteiger partial charge in [0, 0.05) is 36.6 Å². The van der Waals surface area contributed by atoms with E-state index in [1.807, 2.05) is 21.9 Å². The molecule has 0 aromatic heterocycles. The number of nitrogens with zero attached hydrogens (tertiary/aromatic N) is 2. The zero-order valence-electron chi connectivity index (χ0n) is 16.0. The summed E-state index contributed by atoms with van der Waals surface area (Å²) in [6.45, 7) is 2.74. The van der Waals surface area contributed by atoms with E-state index in [1.165, 1.54) is 12.8 Å². The molecule has 0 spiro atoms. The molecule has 5 heteroatoms. The molecule has 4 nitrogen and oxygen atoms in total. The maximum absolute atomic E-state index is 13.6. The average Bonchev–Trinajstić information content (AvgIpc) is 3.40. The van der Waals surface area contributed by atoms with E-state index in [0.29, 0.717) is 32.1 Å². The van der Waals surface area contributed by atoms with Crippen molar-refractivity contribution in [2.24, 2.45) is 5.92 Å². The smallest absolute Gasteiger partial charge is 0.233 e. The minimum atomic E-state index is -0.363. The Labute approximate surface area is 170 Å². The molecule has 2 amide bonds. The summed E-state index contributed by atoms with van der Waals surface area (Å²) in [4.78, 5) is 30.2. The molecule has 0 unspecified atom stereocenters. The first-order valence-corrected chi connectivity index (χ1v) is 11.2. The SMILES string of the molecule is O=C(C1CCCC1)N1CCN(C(=O)C2(c3ccc(Br)cc3)CCCC2)CC1. The van der Waals surface area contributed by atoms with E-state index in [9.17, 15) is 9.59 Å². The van der Waals surface area contributed by atoms with Crippen molar-refractivity contribution in [3.8, 4) is 0 Å². The Morgan fingerprint density at radius 3 is 2.00 bits per heavy atom. The van der Waals surface area contributed by atoms with Gasteiger partial charge < -0.3 is 9.80 Å². The van der Waals surface area contributed by atoms with Crippen molar-refractivity contribution >= 4 is 27.7 Å². The van der Waals surface area contributed by atoms with Crippen molar-refractivity contribution in [2.45, 2.75) is 56.8 Å². The number of hydrogen-bond acceptors (Lipinski definition) is 2. The van der Waals surface area contributed by atoms with Crippen LogP contribution >= 0.6 is 15.9 Å². The molecule has 1 heterocycles. The predicted octanol–water partition coefficient (Wildman–Crippen LogP) is 4.12. The molecule has 4 rings (SSSR count). The third-order valence-corrected chi connectivity index (χ3v) is 7.37. The quantitative estimate of drug-likeness (QED) is 0.720. The van der Waals surface area contributed by atoms with Gasteiger partial charge in [0.2, 0.25) is 11.8 Å². The minimum absolute atomic E-state index is 0.233. The molecule has 1 aromatic carbocycles. The Bertz CT molecular complexity index is 683. The lowest BCUT2D eigenvalue weighted by atomic mass is 9.77. The van der Waals surface area contributed by atoms with Crippen LogP contribution < -0.4 is 0 Å². The Morgan fingerprint density at radius 2 is 1.41 bits per heavy atom. The summed E-state index contributed by atoms with van der Waals surface area (Å²) in [5.74, 6) is 0.828. The van der Waals surface area contributed by atoms with E-state index in [1.54, 1.807) is 0 Å². The van der Waals surface area contributed by atoms with Crippen molar-refractivity contribution in [3.05, 3.63) is 34.3 Å². The van der Waals surface area contributed by atoms with E-state index in [2.05, 4.69) is 28.1 Å². The highest BCUT2D eigenvalue weighted by Crippen LogP contribution is 2.43. The molecule has 1 aliphatic heterocycles. The van der Waals surface area contributed by atoms with E-state index >= 15 is 0 Å². The summed E-state index contributed by atoms with van der Waals surface area (Å²) in [5, 5.41) is 0. The number of amides is 2. The van der Waals surface area contributed by atoms with Crippen molar-refractivity contribution in [3.63, 3.8) is 0 Å². The van der Waals surface area contributed by atoms with Crippen LogP contribution in [0.2, 0.25) is 0 Å². The maximum atomic E-state index is 13.6. The Kier molecular flexibility index (Phi) is 5.58. The number of rotatable bonds is 3. The number of carbonyl (C=O) groups is 2. The monoisotopic (exact) mass is 432 g/mol. The lowest BCUT2D eigenvalue weighted by Crippen LogP contribution is -2.55. The van der Waals surface area contributed by atoms with Gasteiger partial charge >= 0.3 is 0 Å². The normalized spacial score (nSPS) is 23.0. The molecule has 1 saturated heterocycles. The molecule has 0 bridgehead atoms. The third kappa shape index (κ3) is 3.67. The van der Waals surface area contributed by atoms with Crippen LogP contribution in [0.4, 0.5) is 0 Å².